The zero-order valence-electron chi connectivity index (χ0n) is 13.0. The van der Waals surface area contributed by atoms with E-state index < -0.39 is 0 Å². The Bertz CT molecular complexity index is 431. The summed E-state index contributed by atoms with van der Waals surface area (Å²) in [5.74, 6) is 0. The molecule has 1 fully saturated rings. The number of rotatable bonds is 5. The normalized spacial score (nSPS) is 20.8. The molecule has 2 rings (SSSR count). The topological polar surface area (TPSA) is 15.3 Å². The Labute approximate surface area is 128 Å². The number of nitrogens with one attached hydrogen (secondary N) is 1. The van der Waals surface area contributed by atoms with Gasteiger partial charge in [-0.25, -0.2) is 0 Å². The number of benzene rings is 1. The molecule has 1 atom stereocenters. The predicted molar refractivity (Wildman–Crippen MR) is 87.3 cm³/mol. The maximum atomic E-state index is 6.31. The van der Waals surface area contributed by atoms with Crippen LogP contribution in [0.1, 0.15) is 44.7 Å². The molecular formula is C17H27ClN2. The number of piperidine rings is 1. The van der Waals surface area contributed by atoms with Crippen LogP contribution in [0.2, 0.25) is 5.02 Å². The van der Waals surface area contributed by atoms with Gasteiger partial charge >= 0.3 is 0 Å². The van der Waals surface area contributed by atoms with Crippen molar-refractivity contribution >= 4 is 11.6 Å². The molecule has 0 saturated carbocycles. The first-order chi connectivity index (χ1) is 9.52. The van der Waals surface area contributed by atoms with E-state index in [1.54, 1.807) is 0 Å². The number of hydrogen-bond acceptors (Lipinski definition) is 2. The van der Waals surface area contributed by atoms with Gasteiger partial charge in [-0.05, 0) is 56.4 Å². The molecule has 0 spiro atoms. The summed E-state index contributed by atoms with van der Waals surface area (Å²) >= 11 is 6.31. The summed E-state index contributed by atoms with van der Waals surface area (Å²) in [6.07, 6.45) is 3.78. The molecule has 1 aromatic carbocycles. The maximum absolute atomic E-state index is 6.31. The first-order valence-corrected chi connectivity index (χ1v) is 8.04. The molecule has 0 aromatic heterocycles. The minimum absolute atomic E-state index is 0.341. The van der Waals surface area contributed by atoms with E-state index in [4.69, 9.17) is 11.6 Å². The van der Waals surface area contributed by atoms with E-state index >= 15 is 0 Å². The van der Waals surface area contributed by atoms with Gasteiger partial charge in [0.05, 0.1) is 0 Å². The van der Waals surface area contributed by atoms with Gasteiger partial charge in [0.1, 0.15) is 0 Å². The predicted octanol–water partition coefficient (Wildman–Crippen LogP) is 4.11. The van der Waals surface area contributed by atoms with Gasteiger partial charge in [0.15, 0.2) is 0 Å². The van der Waals surface area contributed by atoms with E-state index in [9.17, 15) is 0 Å². The molecule has 1 heterocycles. The SMILES string of the molecule is CNC(CCN1CCCC(C)(C)C1)c1ccccc1Cl. The van der Waals surface area contributed by atoms with Gasteiger partial charge in [-0.3, -0.25) is 0 Å². The van der Waals surface area contributed by atoms with Crippen molar-refractivity contribution in [2.45, 2.75) is 39.2 Å². The van der Waals surface area contributed by atoms with Crippen molar-refractivity contribution in [2.24, 2.45) is 5.41 Å². The second-order valence-corrected chi connectivity index (χ2v) is 7.10. The third-order valence-electron chi connectivity index (χ3n) is 4.34. The van der Waals surface area contributed by atoms with E-state index in [0.717, 1.165) is 18.0 Å². The van der Waals surface area contributed by atoms with Gasteiger partial charge in [0, 0.05) is 17.6 Å². The lowest BCUT2D eigenvalue weighted by molar-refractivity contribution is 0.113. The summed E-state index contributed by atoms with van der Waals surface area (Å²) in [7, 11) is 2.02. The van der Waals surface area contributed by atoms with Crippen LogP contribution in [0, 0.1) is 5.41 Å². The molecule has 1 unspecified atom stereocenters. The van der Waals surface area contributed by atoms with Crippen LogP contribution in [0.3, 0.4) is 0 Å². The Morgan fingerprint density at radius 2 is 2.10 bits per heavy atom. The quantitative estimate of drug-likeness (QED) is 0.879. The molecule has 1 aliphatic heterocycles. The van der Waals surface area contributed by atoms with Crippen LogP contribution < -0.4 is 5.32 Å². The molecule has 2 nitrogen and oxygen atoms in total. The van der Waals surface area contributed by atoms with Crippen molar-refractivity contribution in [1.82, 2.24) is 10.2 Å². The van der Waals surface area contributed by atoms with E-state index in [1.807, 2.05) is 19.2 Å². The average Bonchev–Trinajstić information content (AvgIpc) is 2.40. The molecule has 3 heteroatoms. The summed E-state index contributed by atoms with van der Waals surface area (Å²) in [4.78, 5) is 2.60. The largest absolute Gasteiger partial charge is 0.313 e. The third kappa shape index (κ3) is 4.21. The smallest absolute Gasteiger partial charge is 0.0453 e. The molecule has 0 bridgehead atoms. The number of nitrogens with zero attached hydrogens (tertiary/aromatic N) is 1. The zero-order valence-corrected chi connectivity index (χ0v) is 13.7. The molecule has 0 amide bonds. The lowest BCUT2D eigenvalue weighted by atomic mass is 9.84. The molecule has 0 aliphatic carbocycles. The highest BCUT2D eigenvalue weighted by Gasteiger charge is 2.26. The summed E-state index contributed by atoms with van der Waals surface area (Å²) in [5, 5.41) is 4.27. The minimum atomic E-state index is 0.341. The van der Waals surface area contributed by atoms with Crippen LogP contribution >= 0.6 is 11.6 Å². The summed E-state index contributed by atoms with van der Waals surface area (Å²) in [6, 6.07) is 8.50. The van der Waals surface area contributed by atoms with E-state index in [2.05, 4.69) is 36.2 Å². The standard InChI is InChI=1S/C17H27ClN2/c1-17(2)10-6-11-20(13-17)12-9-16(19-3)14-7-4-5-8-15(14)18/h4-5,7-8,16,19H,6,9-13H2,1-3H3. The van der Waals surface area contributed by atoms with Gasteiger partial charge in [-0.15, -0.1) is 0 Å². The lowest BCUT2D eigenvalue weighted by Gasteiger charge is -2.38. The van der Waals surface area contributed by atoms with Crippen LogP contribution in [0.5, 0.6) is 0 Å². The molecule has 20 heavy (non-hydrogen) atoms. The number of hydrogen-bond donors (Lipinski definition) is 1. The molecule has 1 aromatic rings. The Hall–Kier alpha value is -0.570. The lowest BCUT2D eigenvalue weighted by Crippen LogP contribution is -2.41. The van der Waals surface area contributed by atoms with Gasteiger partial charge in [0.25, 0.3) is 0 Å². The zero-order chi connectivity index (χ0) is 14.6. The minimum Gasteiger partial charge on any atom is -0.313 e. The third-order valence-corrected chi connectivity index (χ3v) is 4.69. The van der Waals surface area contributed by atoms with Crippen molar-refractivity contribution in [3.63, 3.8) is 0 Å². The van der Waals surface area contributed by atoms with E-state index in [0.29, 0.717) is 11.5 Å². The van der Waals surface area contributed by atoms with Gasteiger partial charge in [-0.2, -0.15) is 0 Å². The Kier molecular flexibility index (Phi) is 5.48. The first kappa shape index (κ1) is 15.8. The first-order valence-electron chi connectivity index (χ1n) is 7.66. The second kappa shape index (κ2) is 6.93. The van der Waals surface area contributed by atoms with Gasteiger partial charge < -0.3 is 10.2 Å². The summed E-state index contributed by atoms with van der Waals surface area (Å²) in [6.45, 7) is 8.35. The molecule has 0 radical (unpaired) electrons. The van der Waals surface area contributed by atoms with Crippen LogP contribution in [0.25, 0.3) is 0 Å². The van der Waals surface area contributed by atoms with Crippen LogP contribution in [0.15, 0.2) is 24.3 Å². The van der Waals surface area contributed by atoms with Crippen molar-refractivity contribution < 1.29 is 0 Å². The van der Waals surface area contributed by atoms with Gasteiger partial charge in [0.2, 0.25) is 0 Å². The second-order valence-electron chi connectivity index (χ2n) is 6.70. The Morgan fingerprint density at radius 1 is 1.35 bits per heavy atom. The van der Waals surface area contributed by atoms with E-state index in [1.165, 1.54) is 31.5 Å². The van der Waals surface area contributed by atoms with Crippen molar-refractivity contribution in [3.05, 3.63) is 34.9 Å². The molecule has 1 saturated heterocycles. The molecule has 1 aliphatic rings. The fourth-order valence-electron chi connectivity index (χ4n) is 3.26. The van der Waals surface area contributed by atoms with Crippen LogP contribution in [-0.4, -0.2) is 31.6 Å². The highest BCUT2D eigenvalue weighted by Crippen LogP contribution is 2.30. The van der Waals surface area contributed by atoms with Crippen molar-refractivity contribution in [2.75, 3.05) is 26.7 Å². The summed E-state index contributed by atoms with van der Waals surface area (Å²) in [5.41, 5.74) is 1.69. The van der Waals surface area contributed by atoms with Crippen LogP contribution in [-0.2, 0) is 0 Å². The van der Waals surface area contributed by atoms with Crippen LogP contribution in [0.4, 0.5) is 0 Å². The molecule has 112 valence electrons. The number of likely N-dealkylation sites (tertiary alicyclic amines) is 1. The monoisotopic (exact) mass is 294 g/mol. The Balaban J connectivity index is 1.93. The number of halogens is 1. The highest BCUT2D eigenvalue weighted by molar-refractivity contribution is 6.31. The average molecular weight is 295 g/mol. The maximum Gasteiger partial charge on any atom is 0.0453 e. The molecule has 1 N–H and O–H groups in total. The highest BCUT2D eigenvalue weighted by atomic mass is 35.5. The fourth-order valence-corrected chi connectivity index (χ4v) is 3.53. The van der Waals surface area contributed by atoms with Crippen molar-refractivity contribution in [3.8, 4) is 0 Å². The van der Waals surface area contributed by atoms with Gasteiger partial charge in [-0.1, -0.05) is 43.6 Å². The fraction of sp³-hybridized carbons (Fsp3) is 0.647. The van der Waals surface area contributed by atoms with E-state index in [-0.39, 0.29) is 0 Å². The summed E-state index contributed by atoms with van der Waals surface area (Å²) < 4.78 is 0. The van der Waals surface area contributed by atoms with Crippen molar-refractivity contribution in [1.29, 1.82) is 0 Å². The molecular weight excluding hydrogens is 268 g/mol. The Morgan fingerprint density at radius 3 is 2.75 bits per heavy atom.